The summed E-state index contributed by atoms with van der Waals surface area (Å²) in [6, 6.07) is 15.2. The SMILES string of the molecule is O=C(NN=C(CC(=O)N1CCN(Cc2ccccc2)CC1)C(F)(F)F)c1ccccc1O. The van der Waals surface area contributed by atoms with E-state index in [9.17, 15) is 27.9 Å². The van der Waals surface area contributed by atoms with Gasteiger partial charge >= 0.3 is 6.18 Å². The molecule has 0 saturated carbocycles. The Morgan fingerprint density at radius 2 is 1.59 bits per heavy atom. The molecule has 0 bridgehead atoms. The molecule has 1 aliphatic heterocycles. The van der Waals surface area contributed by atoms with Crippen molar-refractivity contribution in [3.63, 3.8) is 0 Å². The van der Waals surface area contributed by atoms with Crippen molar-refractivity contribution < 1.29 is 27.9 Å². The number of hydrogen-bond donors (Lipinski definition) is 2. The summed E-state index contributed by atoms with van der Waals surface area (Å²) >= 11 is 0. The number of halogens is 3. The van der Waals surface area contributed by atoms with Gasteiger partial charge in [0.15, 0.2) is 5.71 Å². The molecule has 0 aliphatic carbocycles. The van der Waals surface area contributed by atoms with E-state index < -0.39 is 35.9 Å². The molecule has 32 heavy (non-hydrogen) atoms. The molecule has 1 aliphatic rings. The number of carbonyl (C=O) groups is 2. The molecule has 1 heterocycles. The summed E-state index contributed by atoms with van der Waals surface area (Å²) in [5.74, 6) is -2.11. The summed E-state index contributed by atoms with van der Waals surface area (Å²) in [5, 5.41) is 12.8. The number of hydrazone groups is 1. The lowest BCUT2D eigenvalue weighted by atomic mass is 10.2. The van der Waals surface area contributed by atoms with E-state index in [1.54, 1.807) is 5.43 Å². The van der Waals surface area contributed by atoms with Gasteiger partial charge in [-0.1, -0.05) is 42.5 Å². The average molecular weight is 448 g/mol. The first-order valence-corrected chi connectivity index (χ1v) is 10.00. The maximum Gasteiger partial charge on any atom is 0.431 e. The Labute approximate surface area is 183 Å². The van der Waals surface area contributed by atoms with Crippen LogP contribution in [0.3, 0.4) is 0 Å². The van der Waals surface area contributed by atoms with Gasteiger partial charge in [0.25, 0.3) is 5.91 Å². The maximum atomic E-state index is 13.4. The minimum atomic E-state index is -4.89. The van der Waals surface area contributed by atoms with Crippen molar-refractivity contribution in [2.24, 2.45) is 5.10 Å². The van der Waals surface area contributed by atoms with Crippen LogP contribution in [0.1, 0.15) is 22.3 Å². The minimum absolute atomic E-state index is 0.223. The summed E-state index contributed by atoms with van der Waals surface area (Å²) in [4.78, 5) is 28.0. The van der Waals surface area contributed by atoms with Gasteiger partial charge in [0.05, 0.1) is 12.0 Å². The maximum absolute atomic E-state index is 13.4. The monoisotopic (exact) mass is 448 g/mol. The number of rotatable bonds is 6. The molecule has 0 aromatic heterocycles. The van der Waals surface area contributed by atoms with Gasteiger partial charge in [0.1, 0.15) is 5.75 Å². The molecule has 10 heteroatoms. The van der Waals surface area contributed by atoms with Crippen LogP contribution in [0.5, 0.6) is 5.75 Å². The standard InChI is InChI=1S/C22H23F3N4O3/c23-22(24,25)19(26-27-21(32)17-8-4-5-9-18(17)30)14-20(31)29-12-10-28(11-13-29)15-16-6-2-1-3-7-16/h1-9,30H,10-15H2,(H,27,32). The zero-order chi connectivity index (χ0) is 23.1. The number of nitrogens with one attached hydrogen (secondary N) is 1. The van der Waals surface area contributed by atoms with Crippen LogP contribution in [0, 0.1) is 0 Å². The molecule has 0 unspecified atom stereocenters. The van der Waals surface area contributed by atoms with Gasteiger partial charge in [0.2, 0.25) is 5.91 Å². The van der Waals surface area contributed by atoms with E-state index in [2.05, 4.69) is 10.0 Å². The number of benzene rings is 2. The highest BCUT2D eigenvalue weighted by molar-refractivity contribution is 6.05. The Kier molecular flexibility index (Phi) is 7.47. The Balaban J connectivity index is 1.57. The van der Waals surface area contributed by atoms with Crippen LogP contribution >= 0.6 is 0 Å². The van der Waals surface area contributed by atoms with Crippen molar-refractivity contribution in [1.29, 1.82) is 0 Å². The van der Waals surface area contributed by atoms with Gasteiger partial charge in [0, 0.05) is 32.7 Å². The van der Waals surface area contributed by atoms with Crippen molar-refractivity contribution in [2.75, 3.05) is 26.2 Å². The Morgan fingerprint density at radius 1 is 0.969 bits per heavy atom. The quantitative estimate of drug-likeness (QED) is 0.526. The van der Waals surface area contributed by atoms with Crippen molar-refractivity contribution in [3.05, 3.63) is 65.7 Å². The Hall–Kier alpha value is -3.40. The third-order valence-corrected chi connectivity index (χ3v) is 5.06. The number of phenolic OH excluding ortho intramolecular Hbond substituents is 1. The predicted octanol–water partition coefficient (Wildman–Crippen LogP) is 2.77. The van der Waals surface area contributed by atoms with Crippen LogP contribution in [0.25, 0.3) is 0 Å². The molecule has 2 N–H and O–H groups in total. The number of phenols is 1. The van der Waals surface area contributed by atoms with Crippen LogP contribution < -0.4 is 5.43 Å². The third-order valence-electron chi connectivity index (χ3n) is 5.06. The van der Waals surface area contributed by atoms with E-state index in [1.807, 2.05) is 30.3 Å². The van der Waals surface area contributed by atoms with Crippen molar-refractivity contribution in [3.8, 4) is 5.75 Å². The molecule has 2 aromatic rings. The van der Waals surface area contributed by atoms with Crippen LogP contribution in [0.2, 0.25) is 0 Å². The normalized spacial score (nSPS) is 15.5. The van der Waals surface area contributed by atoms with Crippen molar-refractivity contribution in [1.82, 2.24) is 15.2 Å². The van der Waals surface area contributed by atoms with Crippen molar-refractivity contribution in [2.45, 2.75) is 19.1 Å². The molecule has 3 rings (SSSR count). The first-order valence-electron chi connectivity index (χ1n) is 10.00. The number of para-hydroxylation sites is 1. The van der Waals surface area contributed by atoms with E-state index >= 15 is 0 Å². The first kappa shape index (κ1) is 23.3. The van der Waals surface area contributed by atoms with E-state index in [4.69, 9.17) is 0 Å². The molecule has 1 fully saturated rings. The zero-order valence-electron chi connectivity index (χ0n) is 17.2. The lowest BCUT2D eigenvalue weighted by Gasteiger charge is -2.35. The summed E-state index contributed by atoms with van der Waals surface area (Å²) in [6.45, 7) is 2.41. The predicted molar refractivity (Wildman–Crippen MR) is 112 cm³/mol. The number of nitrogens with zero attached hydrogens (tertiary/aromatic N) is 3. The molecule has 170 valence electrons. The summed E-state index contributed by atoms with van der Waals surface area (Å²) in [6.07, 6.45) is -5.87. The van der Waals surface area contributed by atoms with E-state index in [0.717, 1.165) is 5.56 Å². The number of hydrogen-bond acceptors (Lipinski definition) is 5. The van der Waals surface area contributed by atoms with Gasteiger partial charge < -0.3 is 10.0 Å². The minimum Gasteiger partial charge on any atom is -0.507 e. The number of piperazine rings is 1. The zero-order valence-corrected chi connectivity index (χ0v) is 17.2. The average Bonchev–Trinajstić information content (AvgIpc) is 2.77. The summed E-state index contributed by atoms with van der Waals surface area (Å²) in [7, 11) is 0. The van der Waals surface area contributed by atoms with Gasteiger partial charge in [-0.05, 0) is 17.7 Å². The highest BCUT2D eigenvalue weighted by Gasteiger charge is 2.38. The number of alkyl halides is 3. The topological polar surface area (TPSA) is 85.2 Å². The Bertz CT molecular complexity index is 972. The molecular formula is C22H23F3N4O3. The molecule has 2 aromatic carbocycles. The van der Waals surface area contributed by atoms with Gasteiger partial charge in [-0.25, -0.2) is 5.43 Å². The van der Waals surface area contributed by atoms with Gasteiger partial charge in [-0.3, -0.25) is 14.5 Å². The van der Waals surface area contributed by atoms with Gasteiger partial charge in [-0.2, -0.15) is 18.3 Å². The van der Waals surface area contributed by atoms with E-state index in [0.29, 0.717) is 32.7 Å². The Morgan fingerprint density at radius 3 is 2.22 bits per heavy atom. The number of amides is 2. The molecule has 0 radical (unpaired) electrons. The van der Waals surface area contributed by atoms with Crippen molar-refractivity contribution >= 4 is 17.5 Å². The fraction of sp³-hybridized carbons (Fsp3) is 0.318. The number of carbonyl (C=O) groups excluding carboxylic acids is 2. The molecule has 7 nitrogen and oxygen atoms in total. The molecule has 0 spiro atoms. The first-order chi connectivity index (χ1) is 15.2. The highest BCUT2D eigenvalue weighted by Crippen LogP contribution is 2.21. The van der Waals surface area contributed by atoms with Crippen LogP contribution in [-0.2, 0) is 11.3 Å². The second-order valence-corrected chi connectivity index (χ2v) is 7.33. The van der Waals surface area contributed by atoms with Crippen LogP contribution in [0.15, 0.2) is 59.7 Å². The summed E-state index contributed by atoms with van der Waals surface area (Å²) in [5.41, 5.74) is 1.28. The highest BCUT2D eigenvalue weighted by atomic mass is 19.4. The molecule has 0 atom stereocenters. The van der Waals surface area contributed by atoms with Crippen LogP contribution in [-0.4, -0.2) is 64.8 Å². The lowest BCUT2D eigenvalue weighted by Crippen LogP contribution is -2.49. The second kappa shape index (κ2) is 10.3. The van der Waals surface area contributed by atoms with Gasteiger partial charge in [-0.15, -0.1) is 0 Å². The van der Waals surface area contributed by atoms with Crippen LogP contribution in [0.4, 0.5) is 13.2 Å². The fourth-order valence-corrected chi connectivity index (χ4v) is 3.30. The largest absolute Gasteiger partial charge is 0.507 e. The molecular weight excluding hydrogens is 425 g/mol. The van der Waals surface area contributed by atoms with E-state index in [-0.39, 0.29) is 5.56 Å². The van der Waals surface area contributed by atoms with E-state index in [1.165, 1.54) is 29.2 Å². The number of aromatic hydroxyl groups is 1. The third kappa shape index (κ3) is 6.30. The molecule has 1 saturated heterocycles. The summed E-state index contributed by atoms with van der Waals surface area (Å²) < 4.78 is 40.1. The fourth-order valence-electron chi connectivity index (χ4n) is 3.30. The second-order valence-electron chi connectivity index (χ2n) is 7.33. The smallest absolute Gasteiger partial charge is 0.431 e. The molecule has 2 amide bonds. The lowest BCUT2D eigenvalue weighted by molar-refractivity contribution is -0.132.